The molecule has 0 N–H and O–H groups in total. The second-order valence-corrected chi connectivity index (χ2v) is 11.3. The number of benzene rings is 2. The Morgan fingerprint density at radius 3 is 2.42 bits per heavy atom. The van der Waals surface area contributed by atoms with Gasteiger partial charge in [0.05, 0.1) is 0 Å². The van der Waals surface area contributed by atoms with Gasteiger partial charge in [0.1, 0.15) is 0 Å². The number of fused-ring (bicyclic) bond motifs is 1. The van der Waals surface area contributed by atoms with E-state index < -0.39 is 0 Å². The third kappa shape index (κ3) is 4.42. The number of allylic oxidation sites excluding steroid dienone is 3. The molecule has 0 heteroatoms. The first-order valence-electron chi connectivity index (χ1n) is 13.2. The SMILES string of the molecule is C=C1CCC(=C)C1CC1=Cc2cccc(-c3cc(C)cc(C)c3C[C@@H]3CCCC[C@@H]3C)c2C1. The lowest BCUT2D eigenvalue weighted by Crippen LogP contribution is -2.19. The van der Waals surface area contributed by atoms with E-state index in [1.165, 1.54) is 76.6 Å². The van der Waals surface area contributed by atoms with Gasteiger partial charge in [-0.05, 0) is 97.6 Å². The van der Waals surface area contributed by atoms with Crippen molar-refractivity contribution in [3.63, 3.8) is 0 Å². The molecular formula is C33H40. The molecule has 3 aliphatic carbocycles. The fourth-order valence-corrected chi connectivity index (χ4v) is 6.80. The molecule has 3 aliphatic rings. The molecule has 0 bridgehead atoms. The largest absolute Gasteiger partial charge is 0.0992 e. The van der Waals surface area contributed by atoms with Crippen molar-refractivity contribution in [1.82, 2.24) is 0 Å². The van der Waals surface area contributed by atoms with Crippen molar-refractivity contribution >= 4 is 6.08 Å². The summed E-state index contributed by atoms with van der Waals surface area (Å²) in [4.78, 5) is 0. The predicted octanol–water partition coefficient (Wildman–Crippen LogP) is 9.19. The highest BCUT2D eigenvalue weighted by atomic mass is 14.3. The highest BCUT2D eigenvalue weighted by Crippen LogP contribution is 2.44. The first-order valence-corrected chi connectivity index (χ1v) is 13.2. The third-order valence-electron chi connectivity index (χ3n) is 8.86. The molecule has 0 aliphatic heterocycles. The van der Waals surface area contributed by atoms with Gasteiger partial charge in [0.25, 0.3) is 0 Å². The lowest BCUT2D eigenvalue weighted by molar-refractivity contribution is 0.254. The lowest BCUT2D eigenvalue weighted by Gasteiger charge is -2.30. The Morgan fingerprint density at radius 2 is 1.67 bits per heavy atom. The van der Waals surface area contributed by atoms with Gasteiger partial charge in [0.15, 0.2) is 0 Å². The van der Waals surface area contributed by atoms with E-state index in [0.29, 0.717) is 5.92 Å². The van der Waals surface area contributed by atoms with Crippen LogP contribution in [0.15, 0.2) is 60.2 Å². The van der Waals surface area contributed by atoms with Gasteiger partial charge < -0.3 is 0 Å². The molecule has 0 radical (unpaired) electrons. The Hall–Kier alpha value is -2.34. The molecule has 172 valence electrons. The lowest BCUT2D eigenvalue weighted by atomic mass is 9.75. The molecule has 0 unspecified atom stereocenters. The van der Waals surface area contributed by atoms with Crippen molar-refractivity contribution in [3.8, 4) is 11.1 Å². The summed E-state index contributed by atoms with van der Waals surface area (Å²) in [6.07, 6.45) is 13.7. The number of aryl methyl sites for hydroxylation is 2. The zero-order valence-corrected chi connectivity index (χ0v) is 21.0. The van der Waals surface area contributed by atoms with Crippen LogP contribution in [-0.2, 0) is 12.8 Å². The fraction of sp³-hybridized carbons (Fsp3) is 0.455. The predicted molar refractivity (Wildman–Crippen MR) is 143 cm³/mol. The van der Waals surface area contributed by atoms with Gasteiger partial charge in [-0.3, -0.25) is 0 Å². The minimum atomic E-state index is 0.485. The van der Waals surface area contributed by atoms with Crippen LogP contribution in [0.3, 0.4) is 0 Å². The average Bonchev–Trinajstić information content (AvgIpc) is 3.34. The molecule has 0 heterocycles. The summed E-state index contributed by atoms with van der Waals surface area (Å²) in [6, 6.07) is 11.8. The van der Waals surface area contributed by atoms with Gasteiger partial charge in [0, 0.05) is 5.92 Å². The number of hydrogen-bond acceptors (Lipinski definition) is 0. The maximum atomic E-state index is 4.35. The van der Waals surface area contributed by atoms with Gasteiger partial charge in [-0.1, -0.05) is 98.0 Å². The fourth-order valence-electron chi connectivity index (χ4n) is 6.80. The summed E-state index contributed by atoms with van der Waals surface area (Å²) < 4.78 is 0. The topological polar surface area (TPSA) is 0 Å². The zero-order valence-electron chi connectivity index (χ0n) is 21.0. The summed E-state index contributed by atoms with van der Waals surface area (Å²) in [5.41, 5.74) is 14.7. The molecule has 0 spiro atoms. The van der Waals surface area contributed by atoms with Crippen LogP contribution in [-0.4, -0.2) is 0 Å². The minimum Gasteiger partial charge on any atom is -0.0992 e. The molecule has 2 aromatic rings. The molecule has 2 fully saturated rings. The molecule has 5 rings (SSSR count). The van der Waals surface area contributed by atoms with Crippen LogP contribution in [0.2, 0.25) is 0 Å². The summed E-state index contributed by atoms with van der Waals surface area (Å²) >= 11 is 0. The van der Waals surface area contributed by atoms with Crippen molar-refractivity contribution in [3.05, 3.63) is 88.0 Å². The molecule has 2 saturated carbocycles. The number of hydrogen-bond donors (Lipinski definition) is 0. The maximum Gasteiger partial charge on any atom is 0.00392 e. The Morgan fingerprint density at radius 1 is 0.909 bits per heavy atom. The highest BCUT2D eigenvalue weighted by molar-refractivity contribution is 5.80. The van der Waals surface area contributed by atoms with Gasteiger partial charge in [-0.15, -0.1) is 0 Å². The molecule has 0 amide bonds. The molecule has 0 nitrogen and oxygen atoms in total. The van der Waals surface area contributed by atoms with Crippen LogP contribution in [0.5, 0.6) is 0 Å². The summed E-state index contributed by atoms with van der Waals surface area (Å²) in [5, 5.41) is 0. The van der Waals surface area contributed by atoms with Crippen molar-refractivity contribution in [1.29, 1.82) is 0 Å². The first-order chi connectivity index (χ1) is 15.9. The van der Waals surface area contributed by atoms with Gasteiger partial charge in [-0.2, -0.15) is 0 Å². The Labute approximate surface area is 201 Å². The van der Waals surface area contributed by atoms with E-state index in [-0.39, 0.29) is 0 Å². The van der Waals surface area contributed by atoms with Crippen LogP contribution in [0, 0.1) is 31.6 Å². The van der Waals surface area contributed by atoms with Crippen LogP contribution >= 0.6 is 0 Å². The summed E-state index contributed by atoms with van der Waals surface area (Å²) in [5.74, 6) is 2.15. The van der Waals surface area contributed by atoms with Crippen molar-refractivity contribution in [2.75, 3.05) is 0 Å². The summed E-state index contributed by atoms with van der Waals surface area (Å²) in [7, 11) is 0. The van der Waals surface area contributed by atoms with Crippen LogP contribution < -0.4 is 0 Å². The Bertz CT molecular complexity index is 1110. The van der Waals surface area contributed by atoms with Crippen LogP contribution in [0.1, 0.15) is 79.7 Å². The summed E-state index contributed by atoms with van der Waals surface area (Å²) in [6.45, 7) is 15.8. The van der Waals surface area contributed by atoms with E-state index in [4.69, 9.17) is 0 Å². The van der Waals surface area contributed by atoms with E-state index in [1.807, 2.05) is 0 Å². The first kappa shape index (κ1) is 22.5. The minimum absolute atomic E-state index is 0.485. The molecular weight excluding hydrogens is 396 g/mol. The molecule has 2 atom stereocenters. The normalized spacial score (nSPS) is 23.2. The van der Waals surface area contributed by atoms with Crippen LogP contribution in [0.25, 0.3) is 17.2 Å². The third-order valence-corrected chi connectivity index (χ3v) is 8.86. The Balaban J connectivity index is 1.47. The van der Waals surface area contributed by atoms with Crippen molar-refractivity contribution < 1.29 is 0 Å². The van der Waals surface area contributed by atoms with Crippen LogP contribution in [0.4, 0.5) is 0 Å². The van der Waals surface area contributed by atoms with Crippen molar-refractivity contribution in [2.45, 2.75) is 78.6 Å². The van der Waals surface area contributed by atoms with Gasteiger partial charge in [-0.25, -0.2) is 0 Å². The van der Waals surface area contributed by atoms with E-state index in [2.05, 4.69) is 70.3 Å². The second-order valence-electron chi connectivity index (χ2n) is 11.3. The smallest absolute Gasteiger partial charge is 0.00392 e. The highest BCUT2D eigenvalue weighted by Gasteiger charge is 2.28. The standard InChI is InChI=1S/C33H40/c1-21-15-25(5)31(20-27-10-7-6-9-22(27)2)33(16-21)29-12-8-11-28-17-26(19-32(28)29)18-30-23(3)13-14-24(30)4/h8,11-12,15-17,22,27,30H,3-4,6-7,9-10,13-14,18-20H2,1-2,5H3/t22-,27-/m0/s1. The van der Waals surface area contributed by atoms with E-state index in [9.17, 15) is 0 Å². The zero-order chi connectivity index (χ0) is 23.1. The second kappa shape index (κ2) is 9.13. The average molecular weight is 437 g/mol. The quantitative estimate of drug-likeness (QED) is 0.410. The Kier molecular flexibility index (Phi) is 6.21. The number of rotatable bonds is 5. The van der Waals surface area contributed by atoms with E-state index in [1.54, 1.807) is 11.1 Å². The van der Waals surface area contributed by atoms with Gasteiger partial charge in [0.2, 0.25) is 0 Å². The monoisotopic (exact) mass is 436 g/mol. The molecule has 0 saturated heterocycles. The molecule has 2 aromatic carbocycles. The van der Waals surface area contributed by atoms with Gasteiger partial charge >= 0.3 is 0 Å². The van der Waals surface area contributed by atoms with Crippen molar-refractivity contribution in [2.24, 2.45) is 17.8 Å². The molecule has 0 aromatic heterocycles. The van der Waals surface area contributed by atoms with E-state index >= 15 is 0 Å². The van der Waals surface area contributed by atoms with E-state index in [0.717, 1.165) is 37.5 Å². The molecule has 33 heavy (non-hydrogen) atoms. The maximum absolute atomic E-state index is 4.35.